The van der Waals surface area contributed by atoms with Gasteiger partial charge in [-0.15, -0.1) is 0 Å². The number of nitrogens with zero attached hydrogens (tertiary/aromatic N) is 3. The van der Waals surface area contributed by atoms with Gasteiger partial charge in [0.15, 0.2) is 0 Å². The third-order valence-electron chi connectivity index (χ3n) is 2.75. The van der Waals surface area contributed by atoms with Crippen molar-refractivity contribution in [1.29, 1.82) is 0 Å². The van der Waals surface area contributed by atoms with Crippen molar-refractivity contribution in [2.24, 2.45) is 12.8 Å². The summed E-state index contributed by atoms with van der Waals surface area (Å²) < 4.78 is 1.90. The first kappa shape index (κ1) is 9.21. The Morgan fingerprint density at radius 1 is 1.57 bits per heavy atom. The van der Waals surface area contributed by atoms with Crippen LogP contribution in [0.1, 0.15) is 18.3 Å². The number of likely N-dealkylation sites (N-methyl/N-ethyl adjacent to an activating group) is 1. The smallest absolute Gasteiger partial charge is 0.224 e. The van der Waals surface area contributed by atoms with Crippen molar-refractivity contribution in [2.45, 2.75) is 18.5 Å². The molecule has 1 saturated heterocycles. The number of carbonyl (C=O) groups is 1. The highest BCUT2D eigenvalue weighted by Crippen LogP contribution is 2.28. The lowest BCUT2D eigenvalue weighted by molar-refractivity contribution is -0.127. The van der Waals surface area contributed by atoms with Gasteiger partial charge in [-0.05, 0) is 0 Å². The van der Waals surface area contributed by atoms with Crippen LogP contribution in [0.2, 0.25) is 0 Å². The van der Waals surface area contributed by atoms with Crippen molar-refractivity contribution >= 4 is 5.91 Å². The van der Waals surface area contributed by atoms with Gasteiger partial charge < -0.3 is 15.2 Å². The van der Waals surface area contributed by atoms with Gasteiger partial charge in [-0.3, -0.25) is 4.79 Å². The van der Waals surface area contributed by atoms with E-state index in [1.807, 2.05) is 17.8 Å². The number of aromatic nitrogens is 2. The van der Waals surface area contributed by atoms with E-state index in [1.54, 1.807) is 18.1 Å². The highest BCUT2D eigenvalue weighted by molar-refractivity contribution is 5.79. The third kappa shape index (κ3) is 1.21. The lowest BCUT2D eigenvalue weighted by Crippen LogP contribution is -2.32. The van der Waals surface area contributed by atoms with E-state index in [4.69, 9.17) is 5.73 Å². The third-order valence-corrected chi connectivity index (χ3v) is 2.75. The molecule has 0 bridgehead atoms. The summed E-state index contributed by atoms with van der Waals surface area (Å²) in [7, 11) is 3.68. The monoisotopic (exact) mass is 194 g/mol. The molecule has 1 aliphatic heterocycles. The van der Waals surface area contributed by atoms with Gasteiger partial charge in [0.1, 0.15) is 11.9 Å². The molecule has 14 heavy (non-hydrogen) atoms. The predicted octanol–water partition coefficient (Wildman–Crippen LogP) is -0.349. The maximum atomic E-state index is 11.4. The summed E-state index contributed by atoms with van der Waals surface area (Å²) in [6.07, 6.45) is 3.99. The van der Waals surface area contributed by atoms with Crippen LogP contribution in [0.25, 0.3) is 0 Å². The summed E-state index contributed by atoms with van der Waals surface area (Å²) in [6, 6.07) is -0.226. The molecule has 2 rings (SSSR count). The summed E-state index contributed by atoms with van der Waals surface area (Å²) in [4.78, 5) is 17.3. The van der Waals surface area contributed by atoms with E-state index in [9.17, 15) is 4.79 Å². The van der Waals surface area contributed by atoms with Crippen molar-refractivity contribution in [2.75, 3.05) is 7.05 Å². The SMILES string of the molecule is CN1C(=O)C[C@@H](N)[C@@H]1c1nccn1C. The van der Waals surface area contributed by atoms with Gasteiger partial charge >= 0.3 is 0 Å². The Labute approximate surface area is 82.5 Å². The van der Waals surface area contributed by atoms with Gasteiger partial charge in [0, 0.05) is 39.0 Å². The molecule has 2 N–H and O–H groups in total. The molecule has 0 saturated carbocycles. The van der Waals surface area contributed by atoms with Crippen LogP contribution in [0, 0.1) is 0 Å². The molecule has 0 spiro atoms. The first-order chi connectivity index (χ1) is 6.61. The molecule has 5 heteroatoms. The number of likely N-dealkylation sites (tertiary alicyclic amines) is 1. The van der Waals surface area contributed by atoms with Crippen molar-refractivity contribution in [3.8, 4) is 0 Å². The van der Waals surface area contributed by atoms with Crippen LogP contribution in [0.3, 0.4) is 0 Å². The molecule has 1 aliphatic rings. The van der Waals surface area contributed by atoms with Gasteiger partial charge in [-0.2, -0.15) is 0 Å². The Kier molecular flexibility index (Phi) is 2.03. The number of hydrogen-bond donors (Lipinski definition) is 1. The Morgan fingerprint density at radius 2 is 2.29 bits per heavy atom. The average Bonchev–Trinajstić information content (AvgIpc) is 2.60. The number of carbonyl (C=O) groups excluding carboxylic acids is 1. The van der Waals surface area contributed by atoms with Crippen LogP contribution < -0.4 is 5.73 Å². The number of hydrogen-bond acceptors (Lipinski definition) is 3. The van der Waals surface area contributed by atoms with Crippen LogP contribution in [0.5, 0.6) is 0 Å². The highest BCUT2D eigenvalue weighted by Gasteiger charge is 2.38. The Balaban J connectivity index is 2.35. The lowest BCUT2D eigenvalue weighted by Gasteiger charge is -2.22. The summed E-state index contributed by atoms with van der Waals surface area (Å²) >= 11 is 0. The van der Waals surface area contributed by atoms with Crippen molar-refractivity contribution in [3.05, 3.63) is 18.2 Å². The molecule has 2 atom stereocenters. The standard InChI is InChI=1S/C9H14N4O/c1-12-4-3-11-9(12)8-6(10)5-7(14)13(8)2/h3-4,6,8H,5,10H2,1-2H3/t6-,8-/m1/s1. The molecule has 1 fully saturated rings. The fraction of sp³-hybridized carbons (Fsp3) is 0.556. The summed E-state index contributed by atoms with van der Waals surface area (Å²) in [5.74, 6) is 0.941. The van der Waals surface area contributed by atoms with E-state index in [2.05, 4.69) is 4.98 Å². The molecule has 0 radical (unpaired) electrons. The molecule has 1 aromatic heterocycles. The predicted molar refractivity (Wildman–Crippen MR) is 51.3 cm³/mol. The van der Waals surface area contributed by atoms with Gasteiger partial charge in [0.25, 0.3) is 0 Å². The van der Waals surface area contributed by atoms with Gasteiger partial charge in [0.2, 0.25) is 5.91 Å². The molecule has 76 valence electrons. The van der Waals surface area contributed by atoms with Crippen molar-refractivity contribution in [1.82, 2.24) is 14.5 Å². The van der Waals surface area contributed by atoms with Crippen LogP contribution in [-0.4, -0.2) is 33.4 Å². The zero-order valence-electron chi connectivity index (χ0n) is 8.34. The van der Waals surface area contributed by atoms with E-state index in [0.717, 1.165) is 5.82 Å². The zero-order chi connectivity index (χ0) is 10.3. The fourth-order valence-corrected chi connectivity index (χ4v) is 1.93. The molecule has 1 amide bonds. The van der Waals surface area contributed by atoms with Crippen LogP contribution in [0.15, 0.2) is 12.4 Å². The Bertz CT molecular complexity index is 359. The zero-order valence-corrected chi connectivity index (χ0v) is 8.34. The number of imidazole rings is 1. The Morgan fingerprint density at radius 3 is 2.71 bits per heavy atom. The lowest BCUT2D eigenvalue weighted by atomic mass is 10.1. The summed E-state index contributed by atoms with van der Waals surface area (Å²) in [5.41, 5.74) is 5.90. The first-order valence-electron chi connectivity index (χ1n) is 4.59. The number of amides is 1. The van der Waals surface area contributed by atoms with Crippen LogP contribution in [-0.2, 0) is 11.8 Å². The van der Waals surface area contributed by atoms with Crippen LogP contribution >= 0.6 is 0 Å². The Hall–Kier alpha value is -1.36. The van der Waals surface area contributed by atoms with E-state index in [1.165, 1.54) is 0 Å². The maximum absolute atomic E-state index is 11.4. The molecular formula is C9H14N4O. The second kappa shape index (κ2) is 3.09. The minimum absolute atomic E-state index is 0.0810. The molecule has 2 heterocycles. The van der Waals surface area contributed by atoms with Gasteiger partial charge in [0.05, 0.1) is 0 Å². The average molecular weight is 194 g/mol. The molecular weight excluding hydrogens is 180 g/mol. The molecule has 0 unspecified atom stereocenters. The first-order valence-corrected chi connectivity index (χ1v) is 4.59. The molecule has 0 aromatic carbocycles. The summed E-state index contributed by atoms with van der Waals surface area (Å²) in [5, 5.41) is 0. The minimum Gasteiger partial charge on any atom is -0.336 e. The summed E-state index contributed by atoms with van der Waals surface area (Å²) in [6.45, 7) is 0. The molecule has 5 nitrogen and oxygen atoms in total. The van der Waals surface area contributed by atoms with Crippen molar-refractivity contribution < 1.29 is 4.79 Å². The maximum Gasteiger partial charge on any atom is 0.224 e. The second-order valence-corrected chi connectivity index (χ2v) is 3.71. The second-order valence-electron chi connectivity index (χ2n) is 3.71. The van der Waals surface area contributed by atoms with E-state index >= 15 is 0 Å². The van der Waals surface area contributed by atoms with Gasteiger partial charge in [-0.1, -0.05) is 0 Å². The number of rotatable bonds is 1. The highest BCUT2D eigenvalue weighted by atomic mass is 16.2. The van der Waals surface area contributed by atoms with Crippen molar-refractivity contribution in [3.63, 3.8) is 0 Å². The minimum atomic E-state index is -0.145. The quantitative estimate of drug-likeness (QED) is 0.664. The van der Waals surface area contributed by atoms with E-state index < -0.39 is 0 Å². The van der Waals surface area contributed by atoms with E-state index in [-0.39, 0.29) is 18.0 Å². The topological polar surface area (TPSA) is 64.2 Å². The largest absolute Gasteiger partial charge is 0.336 e. The molecule has 0 aliphatic carbocycles. The number of aryl methyl sites for hydroxylation is 1. The van der Waals surface area contributed by atoms with Gasteiger partial charge in [-0.25, -0.2) is 4.98 Å². The fourth-order valence-electron chi connectivity index (χ4n) is 1.93. The molecule has 1 aromatic rings. The number of nitrogens with two attached hydrogens (primary N) is 1. The van der Waals surface area contributed by atoms with Crippen LogP contribution in [0.4, 0.5) is 0 Å². The normalized spacial score (nSPS) is 27.4. The van der Waals surface area contributed by atoms with E-state index in [0.29, 0.717) is 6.42 Å².